The van der Waals surface area contributed by atoms with Crippen LogP contribution < -0.4 is 10.5 Å². The highest BCUT2D eigenvalue weighted by atomic mass is 32.2. The summed E-state index contributed by atoms with van der Waals surface area (Å²) in [7, 11) is -4.02. The number of thioether (sulfide) groups is 1. The Kier molecular flexibility index (Phi) is 8.45. The lowest BCUT2D eigenvalue weighted by atomic mass is 10.2. The van der Waals surface area contributed by atoms with Gasteiger partial charge < -0.3 is 10.2 Å². The molecule has 0 radical (unpaired) electrons. The van der Waals surface area contributed by atoms with Gasteiger partial charge in [0.25, 0.3) is 5.69 Å². The van der Waals surface area contributed by atoms with E-state index in [-0.39, 0.29) is 22.3 Å². The molecule has 29 heavy (non-hydrogen) atoms. The van der Waals surface area contributed by atoms with E-state index in [1.165, 1.54) is 12.1 Å². The van der Waals surface area contributed by atoms with Gasteiger partial charge >= 0.3 is 0 Å². The summed E-state index contributed by atoms with van der Waals surface area (Å²) in [5, 5.41) is 19.9. The van der Waals surface area contributed by atoms with E-state index < -0.39 is 14.9 Å². The van der Waals surface area contributed by atoms with Crippen molar-refractivity contribution < 1.29 is 13.3 Å². The third-order valence-electron chi connectivity index (χ3n) is 4.42. The molecule has 0 aromatic heterocycles. The summed E-state index contributed by atoms with van der Waals surface area (Å²) in [6.45, 7) is 6.54. The van der Waals surface area contributed by atoms with E-state index in [9.17, 15) is 18.5 Å². The molecule has 0 bridgehead atoms. The summed E-state index contributed by atoms with van der Waals surface area (Å²) in [4.78, 5) is 14.0. The summed E-state index contributed by atoms with van der Waals surface area (Å²) >= 11 is 1.66. The molecule has 2 rings (SSSR count). The molecule has 0 amide bonds. The molecular weight excluding hydrogens is 412 g/mol. The topological polar surface area (TPSA) is 119 Å². The maximum Gasteiger partial charge on any atom is 0.293 e. The molecular formula is C19H26N4O4S2. The Morgan fingerprint density at radius 2 is 1.83 bits per heavy atom. The molecule has 3 N–H and O–H groups in total. The van der Waals surface area contributed by atoms with Gasteiger partial charge in [0.2, 0.25) is 10.0 Å². The van der Waals surface area contributed by atoms with E-state index >= 15 is 0 Å². The molecule has 0 saturated heterocycles. The van der Waals surface area contributed by atoms with Gasteiger partial charge in [-0.05, 0) is 37.4 Å². The van der Waals surface area contributed by atoms with Gasteiger partial charge in [-0.1, -0.05) is 32.0 Å². The number of likely N-dealkylation sites (N-methyl/N-ethyl adjacent to an activating group) is 1. The van der Waals surface area contributed by atoms with Crippen LogP contribution >= 0.6 is 11.8 Å². The monoisotopic (exact) mass is 438 g/mol. The Labute approximate surface area is 175 Å². The lowest BCUT2D eigenvalue weighted by molar-refractivity contribution is -0.384. The number of sulfonamides is 1. The Morgan fingerprint density at radius 3 is 2.38 bits per heavy atom. The Morgan fingerprint density at radius 1 is 1.17 bits per heavy atom. The number of primary sulfonamides is 1. The average Bonchev–Trinajstić information content (AvgIpc) is 2.70. The van der Waals surface area contributed by atoms with Crippen LogP contribution in [-0.2, 0) is 10.0 Å². The number of nitro groups is 1. The molecule has 10 heteroatoms. The van der Waals surface area contributed by atoms with Gasteiger partial charge in [-0.2, -0.15) is 0 Å². The molecule has 0 spiro atoms. The smallest absolute Gasteiger partial charge is 0.293 e. The van der Waals surface area contributed by atoms with Gasteiger partial charge in [-0.15, -0.1) is 11.8 Å². The molecule has 8 nitrogen and oxygen atoms in total. The molecule has 2 aromatic carbocycles. The third kappa shape index (κ3) is 7.00. The fraction of sp³-hybridized carbons (Fsp3) is 0.368. The zero-order valence-corrected chi connectivity index (χ0v) is 18.1. The number of nitrogens with zero attached hydrogens (tertiary/aromatic N) is 2. The van der Waals surface area contributed by atoms with Crippen molar-refractivity contribution in [3.8, 4) is 0 Å². The van der Waals surface area contributed by atoms with Crippen molar-refractivity contribution in [2.75, 3.05) is 30.7 Å². The van der Waals surface area contributed by atoms with Gasteiger partial charge in [0.15, 0.2) is 0 Å². The molecule has 0 aliphatic carbocycles. The molecule has 0 fully saturated rings. The van der Waals surface area contributed by atoms with Gasteiger partial charge in [-0.25, -0.2) is 13.6 Å². The molecule has 158 valence electrons. The molecule has 0 saturated carbocycles. The lowest BCUT2D eigenvalue weighted by Crippen LogP contribution is -2.38. The number of anilines is 1. The minimum Gasteiger partial charge on any atom is -0.375 e. The number of nitro benzene ring substituents is 1. The van der Waals surface area contributed by atoms with Crippen molar-refractivity contribution >= 4 is 33.2 Å². The van der Waals surface area contributed by atoms with Crippen LogP contribution in [0.3, 0.4) is 0 Å². The fourth-order valence-corrected chi connectivity index (χ4v) is 4.29. The van der Waals surface area contributed by atoms with Crippen molar-refractivity contribution in [2.45, 2.75) is 29.7 Å². The average molecular weight is 439 g/mol. The van der Waals surface area contributed by atoms with Crippen molar-refractivity contribution in [2.24, 2.45) is 5.14 Å². The van der Waals surface area contributed by atoms with Crippen molar-refractivity contribution in [1.82, 2.24) is 4.90 Å². The maximum atomic E-state index is 11.5. The summed E-state index contributed by atoms with van der Waals surface area (Å²) in [6, 6.07) is 13.5. The predicted octanol–water partition coefficient (Wildman–Crippen LogP) is 3.16. The predicted molar refractivity (Wildman–Crippen MR) is 117 cm³/mol. The van der Waals surface area contributed by atoms with E-state index in [1.807, 2.05) is 30.3 Å². The van der Waals surface area contributed by atoms with Crippen molar-refractivity contribution in [1.29, 1.82) is 0 Å². The van der Waals surface area contributed by atoms with Gasteiger partial charge in [-0.3, -0.25) is 10.1 Å². The highest BCUT2D eigenvalue weighted by Gasteiger charge is 2.22. The number of hydrogen-bond acceptors (Lipinski definition) is 7. The second-order valence-electron chi connectivity index (χ2n) is 6.43. The number of hydrogen-bond donors (Lipinski definition) is 2. The zero-order valence-electron chi connectivity index (χ0n) is 16.4. The van der Waals surface area contributed by atoms with E-state index in [1.54, 1.807) is 11.8 Å². The number of nitrogens with two attached hydrogens (primary N) is 1. The SMILES string of the molecule is CCN(CC)C[C@H](CSc1ccccc1)Nc1ccc(S(N)(=O)=O)cc1[N+](=O)[O-]. The minimum atomic E-state index is -4.02. The van der Waals surface area contributed by atoms with E-state index in [0.29, 0.717) is 12.3 Å². The quantitative estimate of drug-likeness (QED) is 0.314. The minimum absolute atomic E-state index is 0.0841. The highest BCUT2D eigenvalue weighted by Crippen LogP contribution is 2.29. The van der Waals surface area contributed by atoms with Gasteiger partial charge in [0, 0.05) is 29.3 Å². The number of benzene rings is 2. The first-order chi connectivity index (χ1) is 13.7. The van der Waals surface area contributed by atoms with Crippen LogP contribution in [0.25, 0.3) is 0 Å². The molecule has 1 atom stereocenters. The summed E-state index contributed by atoms with van der Waals surface area (Å²) in [5.74, 6) is 0.689. The molecule has 0 aliphatic heterocycles. The van der Waals surface area contributed by atoms with E-state index in [0.717, 1.165) is 24.1 Å². The summed E-state index contributed by atoms with van der Waals surface area (Å²) < 4.78 is 23.1. The van der Waals surface area contributed by atoms with E-state index in [2.05, 4.69) is 24.1 Å². The first kappa shape index (κ1) is 23.1. The maximum absolute atomic E-state index is 11.5. The van der Waals surface area contributed by atoms with Crippen LogP contribution in [0.1, 0.15) is 13.8 Å². The van der Waals surface area contributed by atoms with Gasteiger partial charge in [0.05, 0.1) is 9.82 Å². The van der Waals surface area contributed by atoms with Crippen molar-refractivity contribution in [3.63, 3.8) is 0 Å². The number of rotatable bonds is 11. The Hall–Kier alpha value is -2.14. The standard InChI is InChI=1S/C19H26N4O4S2/c1-3-22(4-2)13-15(14-28-16-8-6-5-7-9-16)21-18-11-10-17(29(20,26)27)12-19(18)23(24)25/h5-12,15,21H,3-4,13-14H2,1-2H3,(H2,20,26,27)/t15-/m1/s1. The summed E-state index contributed by atoms with van der Waals surface area (Å²) in [5.41, 5.74) is -0.0426. The normalized spacial score (nSPS) is 12.7. The van der Waals surface area contributed by atoms with Crippen LogP contribution in [0.15, 0.2) is 58.3 Å². The van der Waals surface area contributed by atoms with Gasteiger partial charge in [0.1, 0.15) is 5.69 Å². The largest absolute Gasteiger partial charge is 0.375 e. The zero-order chi connectivity index (χ0) is 21.4. The first-order valence-electron chi connectivity index (χ1n) is 9.22. The molecule has 0 heterocycles. The molecule has 0 unspecified atom stereocenters. The number of nitrogens with one attached hydrogen (secondary N) is 1. The Balaban J connectivity index is 2.27. The Bertz CT molecular complexity index is 919. The van der Waals surface area contributed by atoms with Crippen LogP contribution in [0, 0.1) is 10.1 Å². The molecule has 0 aliphatic rings. The second kappa shape index (κ2) is 10.6. The van der Waals surface area contributed by atoms with Crippen molar-refractivity contribution in [3.05, 3.63) is 58.6 Å². The third-order valence-corrected chi connectivity index (χ3v) is 6.51. The van der Waals surface area contributed by atoms with E-state index in [4.69, 9.17) is 5.14 Å². The highest BCUT2D eigenvalue weighted by molar-refractivity contribution is 7.99. The molecule has 2 aromatic rings. The second-order valence-corrected chi connectivity index (χ2v) is 9.09. The van der Waals surface area contributed by atoms with Crippen LogP contribution in [0.2, 0.25) is 0 Å². The van der Waals surface area contributed by atoms with Crippen LogP contribution in [0.5, 0.6) is 0 Å². The lowest BCUT2D eigenvalue weighted by Gasteiger charge is -2.26. The fourth-order valence-electron chi connectivity index (χ4n) is 2.83. The van der Waals surface area contributed by atoms with Crippen LogP contribution in [0.4, 0.5) is 11.4 Å². The summed E-state index contributed by atoms with van der Waals surface area (Å²) in [6.07, 6.45) is 0. The van der Waals surface area contributed by atoms with Crippen LogP contribution in [-0.4, -0.2) is 49.7 Å². The first-order valence-corrected chi connectivity index (χ1v) is 11.8.